The minimum Gasteiger partial charge on any atom is -0.497 e. The molecule has 1 fully saturated rings. The van der Waals surface area contributed by atoms with Gasteiger partial charge in [0.05, 0.1) is 25.9 Å². The van der Waals surface area contributed by atoms with Gasteiger partial charge < -0.3 is 18.6 Å². The van der Waals surface area contributed by atoms with Crippen molar-refractivity contribution in [2.24, 2.45) is 11.8 Å². The Morgan fingerprint density at radius 3 is 2.42 bits per heavy atom. The molecular weight excluding hydrogens is 428 g/mol. The summed E-state index contributed by atoms with van der Waals surface area (Å²) in [6, 6.07) is 8.08. The molecule has 0 N–H and O–H groups in total. The fourth-order valence-electron chi connectivity index (χ4n) is 4.16. The largest absolute Gasteiger partial charge is 0.497 e. The molecule has 1 aromatic carbocycles. The highest BCUT2D eigenvalue weighted by molar-refractivity contribution is 6.74. The number of methoxy groups -OCH3 is 1. The highest BCUT2D eigenvalue weighted by Crippen LogP contribution is 2.37. The third kappa shape index (κ3) is 9.71. The van der Waals surface area contributed by atoms with E-state index in [1.54, 1.807) is 7.11 Å². The molecule has 0 spiro atoms. The fourth-order valence-corrected chi connectivity index (χ4v) is 5.29. The lowest BCUT2D eigenvalue weighted by Crippen LogP contribution is -2.41. The molecule has 0 unspecified atom stereocenters. The van der Waals surface area contributed by atoms with E-state index >= 15 is 0 Å². The molecule has 1 aliphatic rings. The van der Waals surface area contributed by atoms with Crippen molar-refractivity contribution in [3.05, 3.63) is 29.8 Å². The maximum atomic E-state index is 6.40. The monoisotopic (exact) mass is 478 g/mol. The molecule has 0 amide bonds. The van der Waals surface area contributed by atoms with Crippen LogP contribution in [0.15, 0.2) is 24.3 Å². The van der Waals surface area contributed by atoms with E-state index in [1.165, 1.54) is 31.2 Å². The Morgan fingerprint density at radius 1 is 1.09 bits per heavy atom. The summed E-state index contributed by atoms with van der Waals surface area (Å²) in [4.78, 5) is 0. The molecule has 1 aromatic rings. The van der Waals surface area contributed by atoms with Crippen LogP contribution in [-0.4, -0.2) is 40.8 Å². The van der Waals surface area contributed by atoms with Crippen LogP contribution in [0.4, 0.5) is 0 Å². The van der Waals surface area contributed by atoms with Gasteiger partial charge in [0.2, 0.25) is 0 Å². The zero-order valence-electron chi connectivity index (χ0n) is 22.6. The van der Waals surface area contributed by atoms with Gasteiger partial charge in [0.1, 0.15) is 5.75 Å². The molecule has 190 valence electrons. The summed E-state index contributed by atoms with van der Waals surface area (Å²) in [5, 5.41) is 0.292. The number of hydrogen-bond donors (Lipinski definition) is 0. The maximum Gasteiger partial charge on any atom is 0.191 e. The number of ether oxygens (including phenoxy) is 3. The van der Waals surface area contributed by atoms with Crippen molar-refractivity contribution in [2.45, 2.75) is 110 Å². The summed E-state index contributed by atoms with van der Waals surface area (Å²) in [5.41, 5.74) is 1.18. The molecule has 4 atom stereocenters. The normalized spacial score (nSPS) is 22.5. The van der Waals surface area contributed by atoms with Crippen LogP contribution in [0.3, 0.4) is 0 Å². The molecule has 1 aliphatic heterocycles. The minimum atomic E-state index is -1.63. The van der Waals surface area contributed by atoms with Crippen molar-refractivity contribution in [3.63, 3.8) is 0 Å². The van der Waals surface area contributed by atoms with Gasteiger partial charge in [0.25, 0.3) is 0 Å². The van der Waals surface area contributed by atoms with Crippen LogP contribution in [-0.2, 0) is 20.5 Å². The average Bonchev–Trinajstić information content (AvgIpc) is 3.11. The van der Waals surface area contributed by atoms with Crippen molar-refractivity contribution >= 4 is 8.32 Å². The molecule has 0 aliphatic carbocycles. The molecule has 4 nitrogen and oxygen atoms in total. The van der Waals surface area contributed by atoms with Crippen LogP contribution in [0.2, 0.25) is 18.1 Å². The van der Waals surface area contributed by atoms with Gasteiger partial charge >= 0.3 is 0 Å². The van der Waals surface area contributed by atoms with Gasteiger partial charge in [-0.1, -0.05) is 59.6 Å². The van der Waals surface area contributed by atoms with Crippen LogP contribution >= 0.6 is 0 Å². The van der Waals surface area contributed by atoms with Crippen LogP contribution in [0.1, 0.15) is 78.7 Å². The molecule has 0 aromatic heterocycles. The number of unbranched alkanes of at least 4 members (excludes halogenated alkanes) is 1. The second-order valence-electron chi connectivity index (χ2n) is 11.7. The molecule has 0 bridgehead atoms. The number of hydrogen-bond acceptors (Lipinski definition) is 4. The Morgan fingerprint density at radius 2 is 1.79 bits per heavy atom. The van der Waals surface area contributed by atoms with Gasteiger partial charge in [-0.05, 0) is 73.3 Å². The average molecular weight is 479 g/mol. The first-order chi connectivity index (χ1) is 15.5. The lowest BCUT2D eigenvalue weighted by atomic mass is 9.95. The first kappa shape index (κ1) is 28.4. The second-order valence-corrected chi connectivity index (χ2v) is 16.5. The van der Waals surface area contributed by atoms with E-state index in [9.17, 15) is 0 Å². The SMILES string of the molecule is COc1ccc(COCC[C@H]2C[C@H](C)[C@H](CCCC[C@H](C)CO[Si](C)(C)C(C)(C)C)O2)cc1. The zero-order valence-corrected chi connectivity index (χ0v) is 23.6. The summed E-state index contributed by atoms with van der Waals surface area (Å²) >= 11 is 0. The first-order valence-corrected chi connectivity index (χ1v) is 15.9. The van der Waals surface area contributed by atoms with E-state index in [1.807, 2.05) is 12.1 Å². The van der Waals surface area contributed by atoms with E-state index in [0.717, 1.165) is 31.8 Å². The molecule has 2 rings (SSSR count). The summed E-state index contributed by atoms with van der Waals surface area (Å²) < 4.78 is 23.9. The summed E-state index contributed by atoms with van der Waals surface area (Å²) in [6.45, 7) is 18.6. The Labute approximate surface area is 204 Å². The van der Waals surface area contributed by atoms with E-state index in [4.69, 9.17) is 18.6 Å². The zero-order chi connectivity index (χ0) is 24.5. The van der Waals surface area contributed by atoms with E-state index in [-0.39, 0.29) is 0 Å². The van der Waals surface area contributed by atoms with Crippen LogP contribution in [0.5, 0.6) is 5.75 Å². The van der Waals surface area contributed by atoms with Crippen molar-refractivity contribution in [1.29, 1.82) is 0 Å². The number of benzene rings is 1. The number of rotatable bonds is 14. The highest BCUT2D eigenvalue weighted by atomic mass is 28.4. The molecule has 0 radical (unpaired) electrons. The van der Waals surface area contributed by atoms with Crippen LogP contribution < -0.4 is 4.74 Å². The van der Waals surface area contributed by atoms with E-state index < -0.39 is 8.32 Å². The molecule has 0 saturated carbocycles. The highest BCUT2D eigenvalue weighted by Gasteiger charge is 2.37. The lowest BCUT2D eigenvalue weighted by molar-refractivity contribution is 0.00655. The third-order valence-electron chi connectivity index (χ3n) is 7.62. The van der Waals surface area contributed by atoms with Crippen LogP contribution in [0, 0.1) is 11.8 Å². The quantitative estimate of drug-likeness (QED) is 0.204. The Balaban J connectivity index is 1.56. The van der Waals surface area contributed by atoms with Crippen molar-refractivity contribution in [3.8, 4) is 5.75 Å². The fraction of sp³-hybridized carbons (Fsp3) is 0.786. The first-order valence-electron chi connectivity index (χ1n) is 13.0. The molecule has 1 saturated heterocycles. The summed E-state index contributed by atoms with van der Waals surface area (Å²) in [7, 11) is 0.0624. The van der Waals surface area contributed by atoms with Gasteiger partial charge in [-0.3, -0.25) is 0 Å². The lowest BCUT2D eigenvalue weighted by Gasteiger charge is -2.37. The minimum absolute atomic E-state index is 0.292. The Hall–Kier alpha value is -0.883. The van der Waals surface area contributed by atoms with Gasteiger partial charge in [-0.25, -0.2) is 0 Å². The van der Waals surface area contributed by atoms with E-state index in [2.05, 4.69) is 59.8 Å². The van der Waals surface area contributed by atoms with Crippen molar-refractivity contribution < 1.29 is 18.6 Å². The Bertz CT molecular complexity index is 667. The molecular formula is C28H50O4Si. The van der Waals surface area contributed by atoms with Gasteiger partial charge in [-0.15, -0.1) is 0 Å². The summed E-state index contributed by atoms with van der Waals surface area (Å²) in [6.07, 6.45) is 7.85. The molecule has 5 heteroatoms. The second kappa shape index (κ2) is 13.3. The standard InChI is InChI=1S/C28H50O4Si/c1-22(20-31-33(7,8)28(3,4)5)11-9-10-12-27-23(2)19-26(32-27)17-18-30-21-24-13-15-25(29-6)16-14-24/h13-16,22-23,26-27H,9-12,17-21H2,1-8H3/t22-,23-,26-,27-/m0/s1. The molecule has 1 heterocycles. The smallest absolute Gasteiger partial charge is 0.191 e. The third-order valence-corrected chi connectivity index (χ3v) is 12.1. The predicted molar refractivity (Wildman–Crippen MR) is 140 cm³/mol. The Kier molecular flexibility index (Phi) is 11.4. The van der Waals surface area contributed by atoms with Gasteiger partial charge in [0.15, 0.2) is 8.32 Å². The predicted octanol–water partition coefficient (Wildman–Crippen LogP) is 7.61. The van der Waals surface area contributed by atoms with E-state index in [0.29, 0.717) is 35.7 Å². The summed E-state index contributed by atoms with van der Waals surface area (Å²) in [5.74, 6) is 2.17. The van der Waals surface area contributed by atoms with Crippen LogP contribution in [0.25, 0.3) is 0 Å². The maximum absolute atomic E-state index is 6.40. The topological polar surface area (TPSA) is 36.9 Å². The van der Waals surface area contributed by atoms with Crippen molar-refractivity contribution in [2.75, 3.05) is 20.3 Å². The van der Waals surface area contributed by atoms with Gasteiger partial charge in [-0.2, -0.15) is 0 Å². The van der Waals surface area contributed by atoms with Gasteiger partial charge in [0, 0.05) is 13.2 Å². The molecule has 33 heavy (non-hydrogen) atoms. The van der Waals surface area contributed by atoms with Crippen molar-refractivity contribution in [1.82, 2.24) is 0 Å².